The summed E-state index contributed by atoms with van der Waals surface area (Å²) >= 11 is 0. The zero-order valence-corrected chi connectivity index (χ0v) is 19.2. The highest BCUT2D eigenvalue weighted by molar-refractivity contribution is 5.82. The smallest absolute Gasteiger partial charge is 0.324 e. The Morgan fingerprint density at radius 2 is 2.12 bits per heavy atom. The Balaban J connectivity index is 1.33. The number of aromatic nitrogens is 2. The number of halogens is 1. The molecule has 1 saturated heterocycles. The van der Waals surface area contributed by atoms with Crippen molar-refractivity contribution in [3.05, 3.63) is 29.6 Å². The average Bonchev–Trinajstić information content (AvgIpc) is 3.28. The van der Waals surface area contributed by atoms with Crippen LogP contribution in [-0.2, 0) is 9.53 Å². The molecule has 1 amide bonds. The van der Waals surface area contributed by atoms with Crippen molar-refractivity contribution in [3.8, 4) is 0 Å². The summed E-state index contributed by atoms with van der Waals surface area (Å²) in [5.41, 5.74) is 0. The van der Waals surface area contributed by atoms with E-state index in [1.165, 1.54) is 6.08 Å². The molecule has 0 bridgehead atoms. The van der Waals surface area contributed by atoms with Crippen molar-refractivity contribution in [1.29, 1.82) is 0 Å². The second kappa shape index (κ2) is 11.4. The van der Waals surface area contributed by atoms with Gasteiger partial charge in [-0.05, 0) is 51.0 Å². The van der Waals surface area contributed by atoms with Crippen LogP contribution in [0.4, 0.5) is 10.4 Å². The lowest BCUT2D eigenvalue weighted by Crippen LogP contribution is -2.39. The van der Waals surface area contributed by atoms with Crippen LogP contribution in [0.25, 0.3) is 0 Å². The molecule has 0 spiro atoms. The molecule has 32 heavy (non-hydrogen) atoms. The van der Waals surface area contributed by atoms with Crippen LogP contribution in [0.2, 0.25) is 0 Å². The number of allylic oxidation sites excluding steroid dienone is 2. The van der Waals surface area contributed by atoms with Crippen molar-refractivity contribution >= 4 is 11.9 Å². The molecule has 1 fully saturated rings. The summed E-state index contributed by atoms with van der Waals surface area (Å²) in [6.45, 7) is 7.92. The molecule has 8 nitrogen and oxygen atoms in total. The van der Waals surface area contributed by atoms with Crippen molar-refractivity contribution in [3.63, 3.8) is 0 Å². The van der Waals surface area contributed by atoms with Gasteiger partial charge in [0.15, 0.2) is 5.82 Å². The average molecular weight is 451 g/mol. The van der Waals surface area contributed by atoms with Crippen molar-refractivity contribution in [2.45, 2.75) is 64.8 Å². The summed E-state index contributed by atoms with van der Waals surface area (Å²) in [5, 5.41) is 15.7. The fraction of sp³-hybridized carbons (Fsp3) is 0.696. The molecule has 0 aromatic carbocycles. The summed E-state index contributed by atoms with van der Waals surface area (Å²) < 4.78 is 25.4. The summed E-state index contributed by atoms with van der Waals surface area (Å²) in [6, 6.07) is 0.222. The van der Waals surface area contributed by atoms with Gasteiger partial charge in [-0.2, -0.15) is 4.98 Å². The van der Waals surface area contributed by atoms with Crippen LogP contribution in [0, 0.1) is 11.8 Å². The Morgan fingerprint density at radius 3 is 2.75 bits per heavy atom. The van der Waals surface area contributed by atoms with Gasteiger partial charge in [0.1, 0.15) is 11.6 Å². The number of carbonyl (C=O) groups is 1. The number of ether oxygens (including phenoxy) is 1. The molecule has 2 atom stereocenters. The normalized spacial score (nSPS) is 20.7. The maximum Gasteiger partial charge on any atom is 0.324 e. The third-order valence-electron chi connectivity index (χ3n) is 6.00. The Labute approximate surface area is 188 Å². The van der Waals surface area contributed by atoms with E-state index in [1.807, 2.05) is 13.8 Å². The lowest BCUT2D eigenvalue weighted by Gasteiger charge is -2.30. The fourth-order valence-corrected chi connectivity index (χ4v) is 3.93. The zero-order valence-electron chi connectivity index (χ0n) is 19.2. The van der Waals surface area contributed by atoms with Gasteiger partial charge in [0.2, 0.25) is 5.91 Å². The van der Waals surface area contributed by atoms with Crippen molar-refractivity contribution in [2.75, 3.05) is 31.2 Å². The fourth-order valence-electron chi connectivity index (χ4n) is 3.93. The van der Waals surface area contributed by atoms with Crippen LogP contribution in [-0.4, -0.2) is 53.5 Å². The van der Waals surface area contributed by atoms with Crippen LogP contribution in [0.1, 0.15) is 64.6 Å². The van der Waals surface area contributed by atoms with Gasteiger partial charge in [-0.1, -0.05) is 19.0 Å². The summed E-state index contributed by atoms with van der Waals surface area (Å²) in [4.78, 5) is 18.7. The first kappa shape index (κ1) is 24.2. The second-order valence-corrected chi connectivity index (χ2v) is 9.03. The van der Waals surface area contributed by atoms with E-state index < -0.39 is 23.7 Å². The number of anilines is 1. The zero-order chi connectivity index (χ0) is 23.1. The van der Waals surface area contributed by atoms with Gasteiger partial charge in [-0.3, -0.25) is 4.79 Å². The van der Waals surface area contributed by atoms with E-state index in [4.69, 9.17) is 14.4 Å². The molecule has 0 saturated carbocycles. The Morgan fingerprint density at radius 1 is 1.38 bits per heavy atom. The molecule has 9 heteroatoms. The van der Waals surface area contributed by atoms with Gasteiger partial charge in [0.05, 0.1) is 19.1 Å². The van der Waals surface area contributed by atoms with Crippen LogP contribution >= 0.6 is 0 Å². The second-order valence-electron chi connectivity index (χ2n) is 9.03. The van der Waals surface area contributed by atoms with Crippen LogP contribution in [0.5, 0.6) is 0 Å². The highest BCUT2D eigenvalue weighted by atomic mass is 19.1. The van der Waals surface area contributed by atoms with E-state index >= 15 is 0 Å². The molecule has 2 aliphatic rings. The molecule has 178 valence electrons. The van der Waals surface area contributed by atoms with Crippen LogP contribution in [0.3, 0.4) is 0 Å². The highest BCUT2D eigenvalue weighted by Crippen LogP contribution is 2.28. The van der Waals surface area contributed by atoms with Gasteiger partial charge >= 0.3 is 6.01 Å². The SMILES string of the molecule is CC(C)c1noc(N2CCC(CCCOC3=CCC(C(=O)N[C@H](C)CO)C(F)=C3)CC2)n1. The van der Waals surface area contributed by atoms with Crippen LogP contribution < -0.4 is 10.2 Å². The number of nitrogens with zero attached hydrogens (tertiary/aromatic N) is 3. The standard InChI is InChI=1S/C23H35FN4O4/c1-15(2)21-26-23(32-27-21)28-10-8-17(9-11-28)5-4-12-31-18-6-7-19(20(24)13-18)22(30)25-16(3)14-29/h6,13,15-17,19,29H,4-5,7-12,14H2,1-3H3,(H,25,30)/t16-,19?/m1/s1. The maximum absolute atomic E-state index is 14.3. The van der Waals surface area contributed by atoms with Gasteiger partial charge in [-0.25, -0.2) is 4.39 Å². The topological polar surface area (TPSA) is 101 Å². The van der Waals surface area contributed by atoms with Crippen molar-refractivity contribution in [2.24, 2.45) is 11.8 Å². The number of amides is 1. The minimum atomic E-state index is -0.850. The van der Waals surface area contributed by atoms with Gasteiger partial charge < -0.3 is 24.6 Å². The summed E-state index contributed by atoms with van der Waals surface area (Å²) in [7, 11) is 0. The molecule has 1 aliphatic carbocycles. The summed E-state index contributed by atoms with van der Waals surface area (Å²) in [6.07, 6.45) is 7.40. The highest BCUT2D eigenvalue weighted by Gasteiger charge is 2.27. The number of hydrogen-bond donors (Lipinski definition) is 2. The lowest BCUT2D eigenvalue weighted by atomic mass is 9.92. The Bertz CT molecular complexity index is 815. The molecule has 0 radical (unpaired) electrons. The largest absolute Gasteiger partial charge is 0.494 e. The number of carbonyl (C=O) groups excluding carboxylic acids is 1. The molecule has 1 aliphatic heterocycles. The third kappa shape index (κ3) is 6.54. The van der Waals surface area contributed by atoms with Gasteiger partial charge in [-0.15, -0.1) is 0 Å². The minimum Gasteiger partial charge on any atom is -0.494 e. The number of piperidine rings is 1. The first-order chi connectivity index (χ1) is 15.4. The molecule has 1 unspecified atom stereocenters. The number of aliphatic hydroxyl groups is 1. The summed E-state index contributed by atoms with van der Waals surface area (Å²) in [5.74, 6) is 0.337. The van der Waals surface area contributed by atoms with E-state index in [1.54, 1.807) is 13.0 Å². The van der Waals surface area contributed by atoms with Crippen LogP contribution in [0.15, 0.2) is 28.3 Å². The predicted molar refractivity (Wildman–Crippen MR) is 119 cm³/mol. The van der Waals surface area contributed by atoms with Crippen molar-refractivity contribution in [1.82, 2.24) is 15.5 Å². The number of aliphatic hydroxyl groups excluding tert-OH is 1. The van der Waals surface area contributed by atoms with Gasteiger partial charge in [0.25, 0.3) is 0 Å². The molecule has 1 aromatic rings. The maximum atomic E-state index is 14.3. The quantitative estimate of drug-likeness (QED) is 0.527. The molecular formula is C23H35FN4O4. The molecule has 1 aromatic heterocycles. The minimum absolute atomic E-state index is 0.178. The first-order valence-corrected chi connectivity index (χ1v) is 11.6. The van der Waals surface area contributed by atoms with Gasteiger partial charge in [0, 0.05) is 31.1 Å². The van der Waals surface area contributed by atoms with Crippen molar-refractivity contribution < 1.29 is 23.6 Å². The van der Waals surface area contributed by atoms with E-state index in [-0.39, 0.29) is 18.9 Å². The third-order valence-corrected chi connectivity index (χ3v) is 6.00. The monoisotopic (exact) mass is 450 g/mol. The molecular weight excluding hydrogens is 415 g/mol. The molecule has 2 N–H and O–H groups in total. The first-order valence-electron chi connectivity index (χ1n) is 11.6. The number of nitrogens with one attached hydrogen (secondary N) is 1. The Kier molecular flexibility index (Phi) is 8.67. The Hall–Kier alpha value is -2.42. The lowest BCUT2D eigenvalue weighted by molar-refractivity contribution is -0.125. The molecule has 2 heterocycles. The van der Waals surface area contributed by atoms with E-state index in [0.717, 1.165) is 44.6 Å². The van der Waals surface area contributed by atoms with E-state index in [0.29, 0.717) is 24.3 Å². The number of hydrogen-bond acceptors (Lipinski definition) is 7. The van der Waals surface area contributed by atoms with E-state index in [2.05, 4.69) is 20.4 Å². The number of rotatable bonds is 10. The predicted octanol–water partition coefficient (Wildman–Crippen LogP) is 3.46. The molecule has 3 rings (SSSR count). The van der Waals surface area contributed by atoms with E-state index in [9.17, 15) is 9.18 Å².